The Balaban J connectivity index is 3.06. The number of ketones is 1. The van der Waals surface area contributed by atoms with Crippen molar-refractivity contribution in [1.82, 2.24) is 0 Å². The molecule has 0 amide bonds. The van der Waals surface area contributed by atoms with Crippen LogP contribution in [0.5, 0.6) is 0 Å². The third-order valence-electron chi connectivity index (χ3n) is 2.53. The van der Waals surface area contributed by atoms with Crippen LogP contribution in [-0.2, 0) is 0 Å². The van der Waals surface area contributed by atoms with Gasteiger partial charge in [-0.15, -0.1) is 0 Å². The number of aryl methyl sites for hydroxylation is 1. The molecule has 0 aliphatic heterocycles. The topological polar surface area (TPSA) is 17.1 Å². The third kappa shape index (κ3) is 2.36. The first kappa shape index (κ1) is 11.3. The smallest absolute Gasteiger partial charge is 0.165 e. The van der Waals surface area contributed by atoms with Crippen LogP contribution in [0.15, 0.2) is 18.2 Å². The molecular formula is C12H15ClO. The van der Waals surface area contributed by atoms with Gasteiger partial charge in [0.2, 0.25) is 0 Å². The van der Waals surface area contributed by atoms with Gasteiger partial charge in [0, 0.05) is 16.5 Å². The van der Waals surface area contributed by atoms with Crippen LogP contribution in [0, 0.1) is 12.8 Å². The SMILES string of the molecule is CCC(C)C(=O)c1cc(Cl)ccc1C. The van der Waals surface area contributed by atoms with Gasteiger partial charge in [0.25, 0.3) is 0 Å². The molecule has 0 aliphatic carbocycles. The van der Waals surface area contributed by atoms with Crippen molar-refractivity contribution in [3.63, 3.8) is 0 Å². The predicted molar refractivity (Wildman–Crippen MR) is 60.0 cm³/mol. The Morgan fingerprint density at radius 2 is 2.14 bits per heavy atom. The van der Waals surface area contributed by atoms with E-state index in [1.54, 1.807) is 6.07 Å². The molecule has 0 saturated carbocycles. The molecule has 1 rings (SSSR count). The maximum Gasteiger partial charge on any atom is 0.165 e. The molecule has 0 heterocycles. The molecule has 0 spiro atoms. The largest absolute Gasteiger partial charge is 0.294 e. The Kier molecular flexibility index (Phi) is 3.70. The lowest BCUT2D eigenvalue weighted by Gasteiger charge is -2.10. The Morgan fingerprint density at radius 1 is 1.50 bits per heavy atom. The van der Waals surface area contributed by atoms with Crippen LogP contribution in [0.1, 0.15) is 36.2 Å². The van der Waals surface area contributed by atoms with Crippen LogP contribution in [0.25, 0.3) is 0 Å². The maximum absolute atomic E-state index is 11.9. The van der Waals surface area contributed by atoms with E-state index in [2.05, 4.69) is 0 Å². The van der Waals surface area contributed by atoms with Crippen molar-refractivity contribution >= 4 is 17.4 Å². The fourth-order valence-corrected chi connectivity index (χ4v) is 1.48. The third-order valence-corrected chi connectivity index (χ3v) is 2.76. The highest BCUT2D eigenvalue weighted by Gasteiger charge is 2.15. The van der Waals surface area contributed by atoms with E-state index in [-0.39, 0.29) is 11.7 Å². The van der Waals surface area contributed by atoms with Crippen LogP contribution >= 0.6 is 11.6 Å². The van der Waals surface area contributed by atoms with Crippen LogP contribution in [0.2, 0.25) is 5.02 Å². The van der Waals surface area contributed by atoms with Gasteiger partial charge in [-0.3, -0.25) is 4.79 Å². The molecule has 0 bridgehead atoms. The molecule has 0 saturated heterocycles. The Hall–Kier alpha value is -0.820. The summed E-state index contributed by atoms with van der Waals surface area (Å²) >= 11 is 5.86. The van der Waals surface area contributed by atoms with Gasteiger partial charge in [0.1, 0.15) is 0 Å². The summed E-state index contributed by atoms with van der Waals surface area (Å²) in [5.41, 5.74) is 1.76. The average molecular weight is 211 g/mol. The van der Waals surface area contributed by atoms with Gasteiger partial charge in [0.05, 0.1) is 0 Å². The van der Waals surface area contributed by atoms with E-state index in [1.807, 2.05) is 32.9 Å². The molecule has 76 valence electrons. The predicted octanol–water partition coefficient (Wildman–Crippen LogP) is 3.88. The summed E-state index contributed by atoms with van der Waals surface area (Å²) in [6.45, 7) is 5.90. The van der Waals surface area contributed by atoms with Gasteiger partial charge in [-0.1, -0.05) is 31.5 Å². The van der Waals surface area contributed by atoms with Gasteiger partial charge in [-0.2, -0.15) is 0 Å². The Morgan fingerprint density at radius 3 is 2.71 bits per heavy atom. The molecule has 1 aromatic rings. The monoisotopic (exact) mass is 210 g/mol. The second-order valence-corrected chi connectivity index (χ2v) is 4.07. The molecule has 0 aliphatic rings. The highest BCUT2D eigenvalue weighted by molar-refractivity contribution is 6.31. The maximum atomic E-state index is 11.9. The minimum absolute atomic E-state index is 0.0761. The van der Waals surface area contributed by atoms with E-state index < -0.39 is 0 Å². The highest BCUT2D eigenvalue weighted by Crippen LogP contribution is 2.19. The van der Waals surface area contributed by atoms with Crippen molar-refractivity contribution in [1.29, 1.82) is 0 Å². The zero-order valence-corrected chi connectivity index (χ0v) is 9.56. The fraction of sp³-hybridized carbons (Fsp3) is 0.417. The van der Waals surface area contributed by atoms with Gasteiger partial charge in [-0.25, -0.2) is 0 Å². The summed E-state index contributed by atoms with van der Waals surface area (Å²) in [5.74, 6) is 0.264. The summed E-state index contributed by atoms with van der Waals surface area (Å²) in [6, 6.07) is 5.45. The first-order chi connectivity index (χ1) is 6.56. The molecule has 2 heteroatoms. The first-order valence-corrected chi connectivity index (χ1v) is 5.24. The molecule has 1 unspecified atom stereocenters. The lowest BCUT2D eigenvalue weighted by Crippen LogP contribution is -2.11. The summed E-state index contributed by atoms with van der Waals surface area (Å²) in [6.07, 6.45) is 0.866. The molecule has 1 aromatic carbocycles. The van der Waals surface area contributed by atoms with E-state index >= 15 is 0 Å². The summed E-state index contributed by atoms with van der Waals surface area (Å²) < 4.78 is 0. The summed E-state index contributed by atoms with van der Waals surface area (Å²) in [4.78, 5) is 11.9. The molecule has 0 fully saturated rings. The van der Waals surface area contributed by atoms with Crippen molar-refractivity contribution in [3.8, 4) is 0 Å². The van der Waals surface area contributed by atoms with E-state index in [0.29, 0.717) is 5.02 Å². The minimum Gasteiger partial charge on any atom is -0.294 e. The fourth-order valence-electron chi connectivity index (χ4n) is 1.31. The number of carbonyl (C=O) groups excluding carboxylic acids is 1. The Labute approximate surface area is 90.1 Å². The van der Waals surface area contributed by atoms with Crippen molar-refractivity contribution in [2.45, 2.75) is 27.2 Å². The number of rotatable bonds is 3. The molecule has 1 nitrogen and oxygen atoms in total. The average Bonchev–Trinajstić information content (AvgIpc) is 2.19. The van der Waals surface area contributed by atoms with Gasteiger partial charge in [-0.05, 0) is 31.0 Å². The van der Waals surface area contributed by atoms with Crippen LogP contribution in [0.4, 0.5) is 0 Å². The zero-order chi connectivity index (χ0) is 10.7. The first-order valence-electron chi connectivity index (χ1n) is 4.86. The number of halogens is 1. The Bertz CT molecular complexity index is 344. The van der Waals surface area contributed by atoms with Gasteiger partial charge >= 0.3 is 0 Å². The normalized spacial score (nSPS) is 12.6. The van der Waals surface area contributed by atoms with Crippen LogP contribution in [-0.4, -0.2) is 5.78 Å². The molecule has 1 atom stereocenters. The van der Waals surface area contributed by atoms with E-state index in [0.717, 1.165) is 17.5 Å². The van der Waals surface area contributed by atoms with Crippen molar-refractivity contribution in [2.75, 3.05) is 0 Å². The van der Waals surface area contributed by atoms with Crippen LogP contribution < -0.4 is 0 Å². The van der Waals surface area contributed by atoms with E-state index in [4.69, 9.17) is 11.6 Å². The number of hydrogen-bond donors (Lipinski definition) is 0. The summed E-state index contributed by atoms with van der Waals surface area (Å²) in [7, 11) is 0. The lowest BCUT2D eigenvalue weighted by molar-refractivity contribution is 0.0926. The minimum atomic E-state index is 0.0761. The molecule has 0 radical (unpaired) electrons. The van der Waals surface area contributed by atoms with Crippen molar-refractivity contribution in [2.24, 2.45) is 5.92 Å². The van der Waals surface area contributed by atoms with E-state index in [1.165, 1.54) is 0 Å². The van der Waals surface area contributed by atoms with Gasteiger partial charge < -0.3 is 0 Å². The number of carbonyl (C=O) groups is 1. The second kappa shape index (κ2) is 4.61. The number of hydrogen-bond acceptors (Lipinski definition) is 1. The van der Waals surface area contributed by atoms with Crippen molar-refractivity contribution < 1.29 is 4.79 Å². The quantitative estimate of drug-likeness (QED) is 0.692. The zero-order valence-electron chi connectivity index (χ0n) is 8.80. The lowest BCUT2D eigenvalue weighted by atomic mass is 9.94. The van der Waals surface area contributed by atoms with Crippen molar-refractivity contribution in [3.05, 3.63) is 34.3 Å². The van der Waals surface area contributed by atoms with E-state index in [9.17, 15) is 4.79 Å². The molecule has 0 aromatic heterocycles. The van der Waals surface area contributed by atoms with Gasteiger partial charge in [0.15, 0.2) is 5.78 Å². The standard InChI is InChI=1S/C12H15ClO/c1-4-8(2)12(14)11-7-10(13)6-5-9(11)3/h5-8H,4H2,1-3H3. The second-order valence-electron chi connectivity index (χ2n) is 3.63. The number of Topliss-reactive ketones (excluding diaryl/α,β-unsaturated/α-hetero) is 1. The summed E-state index contributed by atoms with van der Waals surface area (Å²) in [5, 5.41) is 0.627. The molecule has 0 N–H and O–H groups in total. The van der Waals surface area contributed by atoms with Crippen LogP contribution in [0.3, 0.4) is 0 Å². The molecule has 14 heavy (non-hydrogen) atoms. The molecular weight excluding hydrogens is 196 g/mol. The highest BCUT2D eigenvalue weighted by atomic mass is 35.5. The number of benzene rings is 1.